The summed E-state index contributed by atoms with van der Waals surface area (Å²) in [6.45, 7) is 18.2. The Hall–Kier alpha value is -0.0231. The number of hydrogen-bond donors (Lipinski definition) is 0. The monoisotopic (exact) mass is 365 g/mol. The van der Waals surface area contributed by atoms with Gasteiger partial charge in [-0.05, 0) is 54.9 Å². The summed E-state index contributed by atoms with van der Waals surface area (Å²) in [5.41, 5.74) is 0. The van der Waals surface area contributed by atoms with Crippen molar-refractivity contribution in [2.75, 3.05) is 39.6 Å². The lowest BCUT2D eigenvalue weighted by Crippen LogP contribution is -2.48. The highest BCUT2D eigenvalue weighted by Gasteiger charge is 2.40. The third-order valence-corrected chi connectivity index (χ3v) is 6.89. The molecule has 0 amide bonds. The second kappa shape index (κ2) is 14.2. The summed E-state index contributed by atoms with van der Waals surface area (Å²) < 4.78 is 29.3. The first-order chi connectivity index (χ1) is 11.5. The summed E-state index contributed by atoms with van der Waals surface area (Å²) in [6.07, 6.45) is 0.943. The van der Waals surface area contributed by atoms with Crippen molar-refractivity contribution in [2.24, 2.45) is 0 Å². The molecule has 24 heavy (non-hydrogen) atoms. The minimum Gasteiger partial charge on any atom is -0.374 e. The number of rotatable bonds is 16. The van der Waals surface area contributed by atoms with Gasteiger partial charge in [-0.1, -0.05) is 0 Å². The molecule has 146 valence electrons. The van der Waals surface area contributed by atoms with Gasteiger partial charge in [0.2, 0.25) is 0 Å². The van der Waals surface area contributed by atoms with Gasteiger partial charge in [-0.15, -0.1) is 0 Å². The van der Waals surface area contributed by atoms with Crippen molar-refractivity contribution in [3.63, 3.8) is 0 Å². The molecule has 0 heterocycles. The summed E-state index contributed by atoms with van der Waals surface area (Å²) >= 11 is 0. The summed E-state index contributed by atoms with van der Waals surface area (Å²) in [7, 11) is -2.58. The van der Waals surface area contributed by atoms with E-state index >= 15 is 0 Å². The maximum Gasteiger partial charge on any atom is 0.500 e. The zero-order valence-electron chi connectivity index (χ0n) is 16.8. The molecule has 0 fully saturated rings. The molecule has 0 aromatic rings. The Bertz CT molecular complexity index is 267. The van der Waals surface area contributed by atoms with Crippen LogP contribution in [0.4, 0.5) is 0 Å². The molecule has 0 aliphatic carbocycles. The number of hydrogen-bond acceptors (Lipinski definition) is 6. The van der Waals surface area contributed by atoms with Crippen LogP contribution in [-0.2, 0) is 22.8 Å². The molecule has 0 aliphatic heterocycles. The van der Waals surface area contributed by atoms with Crippen LogP contribution in [0, 0.1) is 0 Å². The predicted molar refractivity (Wildman–Crippen MR) is 98.9 cm³/mol. The highest BCUT2D eigenvalue weighted by Crippen LogP contribution is 2.20. The van der Waals surface area contributed by atoms with Gasteiger partial charge in [-0.25, -0.2) is 0 Å². The third-order valence-electron chi connectivity index (χ3n) is 3.74. The largest absolute Gasteiger partial charge is 0.500 e. The molecule has 7 heteroatoms. The minimum atomic E-state index is -2.58. The van der Waals surface area contributed by atoms with Gasteiger partial charge in [0.15, 0.2) is 0 Å². The highest BCUT2D eigenvalue weighted by molar-refractivity contribution is 6.60. The molecule has 0 aromatic carbocycles. The van der Waals surface area contributed by atoms with E-state index in [1.807, 2.05) is 34.6 Å². The molecule has 0 rings (SSSR count). The molecule has 0 saturated heterocycles. The normalized spacial score (nSPS) is 15.0. The first-order valence-corrected chi connectivity index (χ1v) is 11.3. The Morgan fingerprint density at radius 1 is 0.708 bits per heavy atom. The topological polar surface area (TPSA) is 49.4 Å². The van der Waals surface area contributed by atoms with Crippen LogP contribution in [0.5, 0.6) is 0 Å². The van der Waals surface area contributed by atoms with Crippen LogP contribution in [0.1, 0.15) is 54.9 Å². The lowest BCUT2D eigenvalue weighted by molar-refractivity contribution is -0.136. The van der Waals surface area contributed by atoms with Gasteiger partial charge in [-0.3, -0.25) is 4.90 Å². The number of ether oxygens (including phenoxy) is 2. The fourth-order valence-corrected chi connectivity index (χ4v) is 5.41. The fraction of sp³-hybridized carbons (Fsp3) is 1.00. The van der Waals surface area contributed by atoms with Gasteiger partial charge in [-0.2, -0.15) is 0 Å². The maximum atomic E-state index is 5.92. The molecule has 2 unspecified atom stereocenters. The van der Waals surface area contributed by atoms with Gasteiger partial charge < -0.3 is 22.8 Å². The second-order valence-electron chi connectivity index (χ2n) is 5.43. The number of nitrogens with zero attached hydrogens (tertiary/aromatic N) is 1. The second-order valence-corrected chi connectivity index (χ2v) is 8.16. The zero-order chi connectivity index (χ0) is 18.4. The van der Waals surface area contributed by atoms with Crippen LogP contribution in [0.2, 0.25) is 6.04 Å². The van der Waals surface area contributed by atoms with E-state index in [2.05, 4.69) is 18.7 Å². The Balaban J connectivity index is 4.78. The van der Waals surface area contributed by atoms with E-state index in [1.54, 1.807) is 0 Å². The molecule has 0 N–H and O–H groups in total. The SMILES string of the molecule is CCOC(C)N(CCC[Si](OCC)(OCC)OCC)C(C)OCC. The molecule has 0 saturated carbocycles. The Kier molecular flexibility index (Phi) is 14.2. The molecule has 0 bridgehead atoms. The molecular weight excluding hydrogens is 326 g/mol. The first-order valence-electron chi connectivity index (χ1n) is 9.40. The lowest BCUT2D eigenvalue weighted by atomic mass is 10.3. The fourth-order valence-electron chi connectivity index (χ4n) is 2.81. The van der Waals surface area contributed by atoms with Crippen molar-refractivity contribution in [1.29, 1.82) is 0 Å². The minimum absolute atomic E-state index is 0.0129. The zero-order valence-corrected chi connectivity index (χ0v) is 17.8. The molecule has 6 nitrogen and oxygen atoms in total. The van der Waals surface area contributed by atoms with Crippen molar-refractivity contribution < 1.29 is 22.8 Å². The van der Waals surface area contributed by atoms with Crippen LogP contribution >= 0.6 is 0 Å². The van der Waals surface area contributed by atoms with Crippen LogP contribution < -0.4 is 0 Å². The van der Waals surface area contributed by atoms with E-state index in [-0.39, 0.29) is 12.5 Å². The average Bonchev–Trinajstić information content (AvgIpc) is 2.52. The first kappa shape index (κ1) is 24.0. The van der Waals surface area contributed by atoms with Crippen molar-refractivity contribution in [2.45, 2.75) is 73.4 Å². The summed E-state index contributed by atoms with van der Waals surface area (Å²) in [4.78, 5) is 2.23. The van der Waals surface area contributed by atoms with E-state index in [0.717, 1.165) is 19.0 Å². The average molecular weight is 366 g/mol. The summed E-state index contributed by atoms with van der Waals surface area (Å²) in [5, 5.41) is 0. The van der Waals surface area contributed by atoms with Gasteiger partial charge >= 0.3 is 8.80 Å². The van der Waals surface area contributed by atoms with Gasteiger partial charge in [0.1, 0.15) is 12.5 Å². The van der Waals surface area contributed by atoms with E-state index in [0.29, 0.717) is 33.0 Å². The van der Waals surface area contributed by atoms with Crippen molar-refractivity contribution in [1.82, 2.24) is 4.90 Å². The summed E-state index contributed by atoms with van der Waals surface area (Å²) in [5.74, 6) is 0. The van der Waals surface area contributed by atoms with Gasteiger partial charge in [0, 0.05) is 45.6 Å². The van der Waals surface area contributed by atoms with Crippen LogP contribution in [0.25, 0.3) is 0 Å². The van der Waals surface area contributed by atoms with Crippen LogP contribution in [-0.4, -0.2) is 65.7 Å². The molecule has 0 spiro atoms. The van der Waals surface area contributed by atoms with E-state index in [9.17, 15) is 0 Å². The highest BCUT2D eigenvalue weighted by atomic mass is 28.4. The van der Waals surface area contributed by atoms with E-state index < -0.39 is 8.80 Å². The van der Waals surface area contributed by atoms with E-state index in [1.165, 1.54) is 0 Å². The Morgan fingerprint density at radius 2 is 1.12 bits per heavy atom. The van der Waals surface area contributed by atoms with Gasteiger partial charge in [0.05, 0.1) is 0 Å². The van der Waals surface area contributed by atoms with Gasteiger partial charge in [0.25, 0.3) is 0 Å². The molecular formula is C17H39NO5Si. The van der Waals surface area contributed by atoms with Crippen molar-refractivity contribution >= 4 is 8.80 Å². The van der Waals surface area contributed by atoms with Crippen molar-refractivity contribution in [3.8, 4) is 0 Å². The molecule has 0 aromatic heterocycles. The molecule has 0 aliphatic rings. The lowest BCUT2D eigenvalue weighted by Gasteiger charge is -2.35. The standard InChI is InChI=1S/C17H39NO5Si/c1-8-19-16(6)18(17(7)20-9-2)14-13-15-24(21-10-3,22-11-4)23-12-5/h16-17H,8-15H2,1-7H3. The van der Waals surface area contributed by atoms with E-state index in [4.69, 9.17) is 22.8 Å². The molecule has 0 radical (unpaired) electrons. The third kappa shape index (κ3) is 8.89. The van der Waals surface area contributed by atoms with Crippen LogP contribution in [0.3, 0.4) is 0 Å². The Morgan fingerprint density at radius 3 is 1.46 bits per heavy atom. The smallest absolute Gasteiger partial charge is 0.374 e. The summed E-state index contributed by atoms with van der Waals surface area (Å²) in [6, 6.07) is 0.802. The van der Waals surface area contributed by atoms with Crippen molar-refractivity contribution in [3.05, 3.63) is 0 Å². The molecule has 2 atom stereocenters. The van der Waals surface area contributed by atoms with Crippen LogP contribution in [0.15, 0.2) is 0 Å². The maximum absolute atomic E-state index is 5.92. The Labute approximate surface area is 150 Å². The predicted octanol–water partition coefficient (Wildman–Crippen LogP) is 3.49. The quantitative estimate of drug-likeness (QED) is 0.308.